The van der Waals surface area contributed by atoms with E-state index in [2.05, 4.69) is 10.6 Å². The molecule has 128 valence electrons. The van der Waals surface area contributed by atoms with E-state index in [-0.39, 0.29) is 23.9 Å². The van der Waals surface area contributed by atoms with E-state index in [4.69, 9.17) is 0 Å². The average Bonchev–Trinajstić information content (AvgIpc) is 2.55. The van der Waals surface area contributed by atoms with Gasteiger partial charge >= 0.3 is 6.03 Å². The maximum Gasteiger partial charge on any atom is 0.319 e. The van der Waals surface area contributed by atoms with E-state index in [0.717, 1.165) is 5.56 Å². The fraction of sp³-hybridized carbons (Fsp3) is 0.316. The summed E-state index contributed by atoms with van der Waals surface area (Å²) in [6, 6.07) is 14.1. The van der Waals surface area contributed by atoms with Crippen molar-refractivity contribution in [2.75, 3.05) is 17.3 Å². The van der Waals surface area contributed by atoms with Crippen LogP contribution < -0.4 is 15.5 Å². The lowest BCUT2D eigenvalue weighted by molar-refractivity contribution is 0.249. The van der Waals surface area contributed by atoms with Crippen molar-refractivity contribution >= 4 is 17.4 Å². The average molecular weight is 329 g/mol. The number of hydrogen-bond acceptors (Lipinski definition) is 2. The Balaban J connectivity index is 2.00. The van der Waals surface area contributed by atoms with Crippen molar-refractivity contribution in [3.63, 3.8) is 0 Å². The Bertz CT molecular complexity index is 688. The molecule has 0 radical (unpaired) electrons. The van der Waals surface area contributed by atoms with Crippen molar-refractivity contribution in [1.82, 2.24) is 5.32 Å². The maximum absolute atomic E-state index is 14.2. The molecule has 0 heterocycles. The van der Waals surface area contributed by atoms with Gasteiger partial charge in [-0.1, -0.05) is 30.3 Å². The highest BCUT2D eigenvalue weighted by Gasteiger charge is 2.13. The molecule has 0 aliphatic heterocycles. The molecule has 4 nitrogen and oxygen atoms in total. The third kappa shape index (κ3) is 4.47. The van der Waals surface area contributed by atoms with Gasteiger partial charge < -0.3 is 15.5 Å². The summed E-state index contributed by atoms with van der Waals surface area (Å²) in [6.07, 6.45) is 0. The van der Waals surface area contributed by atoms with Crippen molar-refractivity contribution in [3.05, 3.63) is 59.9 Å². The number of nitrogens with zero attached hydrogens (tertiary/aromatic N) is 1. The number of halogens is 1. The van der Waals surface area contributed by atoms with Crippen LogP contribution in [0.3, 0.4) is 0 Å². The number of anilines is 2. The maximum atomic E-state index is 14.2. The predicted molar refractivity (Wildman–Crippen MR) is 97.0 cm³/mol. The molecule has 5 heteroatoms. The Kier molecular flexibility index (Phi) is 5.79. The van der Waals surface area contributed by atoms with Crippen molar-refractivity contribution in [2.45, 2.75) is 32.9 Å². The molecule has 1 unspecified atom stereocenters. The normalized spacial score (nSPS) is 11.9. The quantitative estimate of drug-likeness (QED) is 0.845. The van der Waals surface area contributed by atoms with Crippen molar-refractivity contribution < 1.29 is 9.18 Å². The van der Waals surface area contributed by atoms with Crippen LogP contribution in [0.4, 0.5) is 20.6 Å². The first-order valence-electron chi connectivity index (χ1n) is 8.03. The first-order valence-corrected chi connectivity index (χ1v) is 8.03. The Morgan fingerprint density at radius 3 is 2.33 bits per heavy atom. The standard InChI is InChI=1S/C19H24FN3O/c1-13(2)23(4)18-11-10-16(12-17(18)20)22-19(24)21-14(3)15-8-6-5-7-9-15/h5-14H,1-4H3,(H2,21,22,24). The van der Waals surface area contributed by atoms with Crippen LogP contribution in [0.1, 0.15) is 32.4 Å². The molecule has 2 aromatic carbocycles. The highest BCUT2D eigenvalue weighted by molar-refractivity contribution is 5.89. The number of hydrogen-bond donors (Lipinski definition) is 2. The van der Waals surface area contributed by atoms with Gasteiger partial charge in [0.25, 0.3) is 0 Å². The lowest BCUT2D eigenvalue weighted by atomic mass is 10.1. The number of carbonyl (C=O) groups excluding carboxylic acids is 1. The van der Waals surface area contributed by atoms with E-state index in [1.165, 1.54) is 6.07 Å². The van der Waals surface area contributed by atoms with Crippen LogP contribution in [0, 0.1) is 5.82 Å². The van der Waals surface area contributed by atoms with Gasteiger partial charge in [-0.2, -0.15) is 0 Å². The Hall–Kier alpha value is -2.56. The van der Waals surface area contributed by atoms with Gasteiger partial charge in [0.05, 0.1) is 11.7 Å². The zero-order valence-corrected chi connectivity index (χ0v) is 14.5. The summed E-state index contributed by atoms with van der Waals surface area (Å²) < 4.78 is 14.2. The topological polar surface area (TPSA) is 44.4 Å². The number of carbonyl (C=O) groups is 1. The SMILES string of the molecule is CC(NC(=O)Nc1ccc(N(C)C(C)C)c(F)c1)c1ccccc1. The summed E-state index contributed by atoms with van der Waals surface area (Å²) in [7, 11) is 1.84. The second-order valence-electron chi connectivity index (χ2n) is 6.10. The van der Waals surface area contributed by atoms with E-state index in [1.54, 1.807) is 12.1 Å². The van der Waals surface area contributed by atoms with Gasteiger partial charge in [-0.25, -0.2) is 9.18 Å². The molecule has 0 saturated carbocycles. The number of urea groups is 1. The second-order valence-corrected chi connectivity index (χ2v) is 6.10. The highest BCUT2D eigenvalue weighted by atomic mass is 19.1. The van der Waals surface area contributed by atoms with Gasteiger partial charge in [0.2, 0.25) is 0 Å². The lowest BCUT2D eigenvalue weighted by Crippen LogP contribution is -2.31. The van der Waals surface area contributed by atoms with Crippen LogP contribution in [-0.4, -0.2) is 19.1 Å². The molecule has 0 fully saturated rings. The van der Waals surface area contributed by atoms with Gasteiger partial charge in [0.1, 0.15) is 5.82 Å². The molecule has 0 aliphatic carbocycles. The third-order valence-corrected chi connectivity index (χ3v) is 4.01. The highest BCUT2D eigenvalue weighted by Crippen LogP contribution is 2.23. The largest absolute Gasteiger partial charge is 0.370 e. The molecule has 2 rings (SSSR count). The minimum atomic E-state index is -0.365. The number of amides is 2. The summed E-state index contributed by atoms with van der Waals surface area (Å²) in [4.78, 5) is 13.9. The summed E-state index contributed by atoms with van der Waals surface area (Å²) >= 11 is 0. The van der Waals surface area contributed by atoms with Gasteiger partial charge in [-0.05, 0) is 44.5 Å². The molecule has 0 bridgehead atoms. The number of benzene rings is 2. The molecule has 0 aliphatic rings. The van der Waals surface area contributed by atoms with Crippen LogP contribution in [0.25, 0.3) is 0 Å². The van der Waals surface area contributed by atoms with Crippen LogP contribution in [-0.2, 0) is 0 Å². The Morgan fingerprint density at radius 1 is 1.08 bits per heavy atom. The van der Waals surface area contributed by atoms with Crippen molar-refractivity contribution in [3.8, 4) is 0 Å². The molecule has 24 heavy (non-hydrogen) atoms. The zero-order valence-electron chi connectivity index (χ0n) is 14.5. The molecule has 2 N–H and O–H groups in total. The first kappa shape index (κ1) is 17.8. The molecule has 2 amide bonds. The van der Waals surface area contributed by atoms with E-state index < -0.39 is 0 Å². The summed E-state index contributed by atoms with van der Waals surface area (Å²) in [5.74, 6) is -0.361. The van der Waals surface area contributed by atoms with Gasteiger partial charge in [0.15, 0.2) is 0 Å². The van der Waals surface area contributed by atoms with Gasteiger partial charge in [-0.15, -0.1) is 0 Å². The minimum absolute atomic E-state index is 0.137. The lowest BCUT2D eigenvalue weighted by Gasteiger charge is -2.24. The molecular weight excluding hydrogens is 305 g/mol. The summed E-state index contributed by atoms with van der Waals surface area (Å²) in [6.45, 7) is 5.88. The molecule has 1 atom stereocenters. The molecular formula is C19H24FN3O. The fourth-order valence-corrected chi connectivity index (χ4v) is 2.34. The van der Waals surface area contributed by atoms with Crippen molar-refractivity contribution in [2.24, 2.45) is 0 Å². The Labute approximate surface area is 142 Å². The van der Waals surface area contributed by atoms with Gasteiger partial charge in [-0.3, -0.25) is 0 Å². The number of rotatable bonds is 5. The first-order chi connectivity index (χ1) is 11.4. The predicted octanol–water partition coefficient (Wildman–Crippen LogP) is 4.55. The van der Waals surface area contributed by atoms with Crippen LogP contribution >= 0.6 is 0 Å². The van der Waals surface area contributed by atoms with E-state index in [0.29, 0.717) is 11.4 Å². The molecule has 0 spiro atoms. The second kappa shape index (κ2) is 7.81. The van der Waals surface area contributed by atoms with E-state index in [1.807, 2.05) is 63.1 Å². The number of nitrogens with one attached hydrogen (secondary N) is 2. The molecule has 0 aromatic heterocycles. The van der Waals surface area contributed by atoms with Crippen molar-refractivity contribution in [1.29, 1.82) is 0 Å². The van der Waals surface area contributed by atoms with Crippen LogP contribution in [0.5, 0.6) is 0 Å². The minimum Gasteiger partial charge on any atom is -0.370 e. The van der Waals surface area contributed by atoms with Crippen LogP contribution in [0.15, 0.2) is 48.5 Å². The molecule has 0 saturated heterocycles. The fourth-order valence-electron chi connectivity index (χ4n) is 2.34. The summed E-state index contributed by atoms with van der Waals surface area (Å²) in [5, 5.41) is 5.51. The zero-order chi connectivity index (χ0) is 17.7. The monoisotopic (exact) mass is 329 g/mol. The van der Waals surface area contributed by atoms with E-state index >= 15 is 0 Å². The summed E-state index contributed by atoms with van der Waals surface area (Å²) in [5.41, 5.74) is 1.94. The van der Waals surface area contributed by atoms with E-state index in [9.17, 15) is 9.18 Å². The van der Waals surface area contributed by atoms with Crippen LogP contribution in [0.2, 0.25) is 0 Å². The van der Waals surface area contributed by atoms with Gasteiger partial charge in [0, 0.05) is 18.8 Å². The smallest absolute Gasteiger partial charge is 0.319 e. The Morgan fingerprint density at radius 2 is 1.75 bits per heavy atom. The molecule has 2 aromatic rings. The third-order valence-electron chi connectivity index (χ3n) is 4.01.